The van der Waals surface area contributed by atoms with Gasteiger partial charge in [-0.25, -0.2) is 4.98 Å². The number of thiazole rings is 1. The van der Waals surface area contributed by atoms with Crippen molar-refractivity contribution in [1.82, 2.24) is 9.38 Å². The van der Waals surface area contributed by atoms with Gasteiger partial charge < -0.3 is 18.9 Å². The molecule has 0 fully saturated rings. The van der Waals surface area contributed by atoms with Crippen LogP contribution in [0, 0.1) is 0 Å². The smallest absolute Gasteiger partial charge is 0.203 e. The Bertz CT molecular complexity index is 1400. The van der Waals surface area contributed by atoms with Crippen LogP contribution >= 0.6 is 11.3 Å². The van der Waals surface area contributed by atoms with Crippen LogP contribution in [0.3, 0.4) is 0 Å². The van der Waals surface area contributed by atoms with Crippen molar-refractivity contribution in [3.05, 3.63) is 60.7 Å². The van der Waals surface area contributed by atoms with E-state index in [0.717, 1.165) is 43.4 Å². The van der Waals surface area contributed by atoms with Crippen LogP contribution in [0.4, 0.5) is 0 Å². The van der Waals surface area contributed by atoms with Crippen molar-refractivity contribution >= 4 is 26.5 Å². The topological polar surface area (TPSA) is 54.2 Å². The van der Waals surface area contributed by atoms with Crippen LogP contribution in [0.25, 0.3) is 37.7 Å². The van der Waals surface area contributed by atoms with Gasteiger partial charge in [-0.05, 0) is 30.3 Å². The number of hydrogen-bond acceptors (Lipinski definition) is 6. The summed E-state index contributed by atoms with van der Waals surface area (Å²) < 4.78 is 25.5. The van der Waals surface area contributed by atoms with Gasteiger partial charge in [0.05, 0.1) is 50.0 Å². The van der Waals surface area contributed by atoms with Crippen LogP contribution in [-0.2, 0) is 0 Å². The zero-order valence-electron chi connectivity index (χ0n) is 18.2. The first-order valence-electron chi connectivity index (χ1n) is 10.0. The predicted molar refractivity (Wildman–Crippen MR) is 128 cm³/mol. The Kier molecular flexibility index (Phi) is 5.11. The lowest BCUT2D eigenvalue weighted by molar-refractivity contribution is 0.324. The molecule has 32 heavy (non-hydrogen) atoms. The van der Waals surface area contributed by atoms with E-state index in [1.807, 2.05) is 42.5 Å². The second-order valence-corrected chi connectivity index (χ2v) is 8.15. The van der Waals surface area contributed by atoms with Gasteiger partial charge in [-0.1, -0.05) is 41.7 Å². The highest BCUT2D eigenvalue weighted by Gasteiger charge is 2.23. The summed E-state index contributed by atoms with van der Waals surface area (Å²) in [6.45, 7) is 0. The van der Waals surface area contributed by atoms with Gasteiger partial charge in [0.1, 0.15) is 5.75 Å². The van der Waals surface area contributed by atoms with Gasteiger partial charge in [-0.2, -0.15) is 0 Å². The highest BCUT2D eigenvalue weighted by molar-refractivity contribution is 7.23. The summed E-state index contributed by atoms with van der Waals surface area (Å²) in [6, 6.07) is 20.2. The standard InChI is InChI=1S/C25H22N2O4S/c1-28-17-10-11-18-21(14-17)32-25-26-22(15-8-6-5-7-9-15)23(27(18)25)16-12-19(29-2)24(31-4)20(13-16)30-3/h5-14H,1-4H3. The van der Waals surface area contributed by atoms with E-state index in [9.17, 15) is 0 Å². The van der Waals surface area contributed by atoms with Gasteiger partial charge in [0.25, 0.3) is 0 Å². The molecule has 7 heteroatoms. The largest absolute Gasteiger partial charge is 0.497 e. The Balaban J connectivity index is 1.88. The number of ether oxygens (including phenoxy) is 4. The van der Waals surface area contributed by atoms with E-state index in [1.54, 1.807) is 39.8 Å². The molecule has 0 atom stereocenters. The molecule has 0 saturated heterocycles. The maximum absolute atomic E-state index is 5.63. The van der Waals surface area contributed by atoms with Crippen molar-refractivity contribution in [3.8, 4) is 45.5 Å². The maximum atomic E-state index is 5.63. The lowest BCUT2D eigenvalue weighted by atomic mass is 10.0. The molecule has 0 amide bonds. The van der Waals surface area contributed by atoms with Crippen LogP contribution in [-0.4, -0.2) is 37.8 Å². The third kappa shape index (κ3) is 3.13. The van der Waals surface area contributed by atoms with E-state index in [1.165, 1.54) is 0 Å². The Morgan fingerprint density at radius 1 is 0.750 bits per heavy atom. The van der Waals surface area contributed by atoms with Gasteiger partial charge in [0, 0.05) is 11.1 Å². The van der Waals surface area contributed by atoms with Crippen LogP contribution < -0.4 is 18.9 Å². The zero-order valence-corrected chi connectivity index (χ0v) is 19.0. The van der Waals surface area contributed by atoms with E-state index in [2.05, 4.69) is 22.6 Å². The van der Waals surface area contributed by atoms with Gasteiger partial charge in [0.2, 0.25) is 5.75 Å². The molecule has 0 saturated carbocycles. The number of benzene rings is 3. The van der Waals surface area contributed by atoms with Crippen molar-refractivity contribution in [3.63, 3.8) is 0 Å². The average molecular weight is 447 g/mol. The summed E-state index contributed by atoms with van der Waals surface area (Å²) in [4.78, 5) is 5.93. The van der Waals surface area contributed by atoms with Crippen LogP contribution in [0.1, 0.15) is 0 Å². The molecule has 0 aliphatic heterocycles. The highest BCUT2D eigenvalue weighted by Crippen LogP contribution is 2.45. The fourth-order valence-electron chi connectivity index (χ4n) is 3.96. The molecule has 2 aromatic heterocycles. The number of imidazole rings is 1. The van der Waals surface area contributed by atoms with E-state index >= 15 is 0 Å². The first-order chi connectivity index (χ1) is 15.7. The first-order valence-corrected chi connectivity index (χ1v) is 10.8. The number of rotatable bonds is 6. The van der Waals surface area contributed by atoms with E-state index in [4.69, 9.17) is 23.9 Å². The molecule has 0 aliphatic carbocycles. The summed E-state index contributed by atoms with van der Waals surface area (Å²) in [6.07, 6.45) is 0. The van der Waals surface area contributed by atoms with Crippen molar-refractivity contribution < 1.29 is 18.9 Å². The predicted octanol–water partition coefficient (Wildman–Crippen LogP) is 5.92. The molecule has 0 spiro atoms. The second-order valence-electron chi connectivity index (χ2n) is 7.14. The Morgan fingerprint density at radius 2 is 1.47 bits per heavy atom. The fraction of sp³-hybridized carbons (Fsp3) is 0.160. The molecular weight excluding hydrogens is 424 g/mol. The maximum Gasteiger partial charge on any atom is 0.203 e. The van der Waals surface area contributed by atoms with Crippen LogP contribution in [0.2, 0.25) is 0 Å². The van der Waals surface area contributed by atoms with E-state index in [0.29, 0.717) is 17.2 Å². The molecule has 0 bridgehead atoms. The Morgan fingerprint density at radius 3 is 2.09 bits per heavy atom. The number of methoxy groups -OCH3 is 4. The molecular formula is C25H22N2O4S. The molecule has 2 heterocycles. The fourth-order valence-corrected chi connectivity index (χ4v) is 5.01. The highest BCUT2D eigenvalue weighted by atomic mass is 32.1. The van der Waals surface area contributed by atoms with Crippen molar-refractivity contribution in [2.45, 2.75) is 0 Å². The minimum atomic E-state index is 0.556. The molecule has 5 aromatic rings. The van der Waals surface area contributed by atoms with Crippen LogP contribution in [0.5, 0.6) is 23.0 Å². The summed E-state index contributed by atoms with van der Waals surface area (Å²) in [5.41, 5.74) is 4.87. The molecule has 0 radical (unpaired) electrons. The molecule has 3 aromatic carbocycles. The lowest BCUT2D eigenvalue weighted by Crippen LogP contribution is -1.97. The average Bonchev–Trinajstić information content (AvgIpc) is 3.39. The summed E-state index contributed by atoms with van der Waals surface area (Å²) in [5.74, 6) is 2.56. The third-order valence-electron chi connectivity index (χ3n) is 5.44. The minimum absolute atomic E-state index is 0.556. The Labute approximate surface area is 189 Å². The Hall–Kier alpha value is -3.71. The van der Waals surface area contributed by atoms with Gasteiger partial charge >= 0.3 is 0 Å². The number of hydrogen-bond donors (Lipinski definition) is 0. The van der Waals surface area contributed by atoms with Gasteiger partial charge in [-0.15, -0.1) is 0 Å². The molecule has 0 unspecified atom stereocenters. The van der Waals surface area contributed by atoms with Crippen molar-refractivity contribution in [2.24, 2.45) is 0 Å². The summed E-state index contributed by atoms with van der Waals surface area (Å²) >= 11 is 1.63. The molecule has 5 rings (SSSR count). The number of nitrogens with zero attached hydrogens (tertiary/aromatic N) is 2. The minimum Gasteiger partial charge on any atom is -0.497 e. The third-order valence-corrected chi connectivity index (χ3v) is 6.44. The lowest BCUT2D eigenvalue weighted by Gasteiger charge is -2.15. The quantitative estimate of drug-likeness (QED) is 0.324. The first kappa shape index (κ1) is 20.2. The van der Waals surface area contributed by atoms with Crippen LogP contribution in [0.15, 0.2) is 60.7 Å². The monoisotopic (exact) mass is 446 g/mol. The number of aromatic nitrogens is 2. The molecule has 162 valence electrons. The normalized spacial score (nSPS) is 11.1. The molecule has 0 N–H and O–H groups in total. The van der Waals surface area contributed by atoms with Gasteiger partial charge in [-0.3, -0.25) is 4.40 Å². The zero-order chi connectivity index (χ0) is 22.2. The van der Waals surface area contributed by atoms with E-state index in [-0.39, 0.29) is 0 Å². The summed E-state index contributed by atoms with van der Waals surface area (Å²) in [7, 11) is 6.52. The molecule has 0 aliphatic rings. The summed E-state index contributed by atoms with van der Waals surface area (Å²) in [5, 5.41) is 0. The SMILES string of the molecule is COc1ccc2c(c1)sc1nc(-c3ccccc3)c(-c3cc(OC)c(OC)c(OC)c3)n12. The van der Waals surface area contributed by atoms with Gasteiger partial charge in [0.15, 0.2) is 16.5 Å². The van der Waals surface area contributed by atoms with Crippen molar-refractivity contribution in [2.75, 3.05) is 28.4 Å². The second kappa shape index (κ2) is 8.09. The number of fused-ring (bicyclic) bond motifs is 3. The van der Waals surface area contributed by atoms with E-state index < -0.39 is 0 Å². The van der Waals surface area contributed by atoms with Crippen molar-refractivity contribution in [1.29, 1.82) is 0 Å². The molecule has 6 nitrogen and oxygen atoms in total.